The molecule has 0 saturated heterocycles. The van der Waals surface area contributed by atoms with E-state index in [9.17, 15) is 9.59 Å². The Morgan fingerprint density at radius 3 is 2.60 bits per heavy atom. The molecular weight excluding hydrogens is 316 g/mol. The highest BCUT2D eigenvalue weighted by molar-refractivity contribution is 5.96. The summed E-state index contributed by atoms with van der Waals surface area (Å²) in [6.45, 7) is 4.03. The zero-order valence-corrected chi connectivity index (χ0v) is 14.2. The summed E-state index contributed by atoms with van der Waals surface area (Å²) in [6.07, 6.45) is 0. The number of fused-ring (bicyclic) bond motifs is 1. The second-order valence-electron chi connectivity index (χ2n) is 6.18. The fraction of sp³-hybridized carbons (Fsp3) is 0.200. The standard InChI is InChI=1S/C20H20N2O3/c1-13(2)19(23)22-16-8-5-6-14(10-16)12-21-20(24)18-11-15-7-3-4-9-17(15)25-18/h3-11,13H,12H2,1-2H3,(H,21,24)(H,22,23). The van der Waals surface area contributed by atoms with E-state index in [2.05, 4.69) is 10.6 Å². The van der Waals surface area contributed by atoms with Crippen LogP contribution in [0.2, 0.25) is 0 Å². The highest BCUT2D eigenvalue weighted by Gasteiger charge is 2.12. The first-order valence-corrected chi connectivity index (χ1v) is 8.19. The third-order valence-electron chi connectivity index (χ3n) is 3.82. The largest absolute Gasteiger partial charge is 0.451 e. The topological polar surface area (TPSA) is 71.3 Å². The van der Waals surface area contributed by atoms with E-state index in [1.807, 2.05) is 62.4 Å². The van der Waals surface area contributed by atoms with Crippen LogP contribution in [0.15, 0.2) is 59.0 Å². The zero-order valence-electron chi connectivity index (χ0n) is 14.2. The molecule has 0 unspecified atom stereocenters. The average Bonchev–Trinajstić information content (AvgIpc) is 3.04. The summed E-state index contributed by atoms with van der Waals surface area (Å²) in [7, 11) is 0. The number of carbonyl (C=O) groups is 2. The number of rotatable bonds is 5. The predicted octanol–water partition coefficient (Wildman–Crippen LogP) is 3.96. The molecule has 0 aliphatic rings. The van der Waals surface area contributed by atoms with Gasteiger partial charge in [-0.1, -0.05) is 44.2 Å². The lowest BCUT2D eigenvalue weighted by Crippen LogP contribution is -2.22. The summed E-state index contributed by atoms with van der Waals surface area (Å²) < 4.78 is 5.55. The Kier molecular flexibility index (Phi) is 4.84. The van der Waals surface area contributed by atoms with Crippen LogP contribution in [0, 0.1) is 5.92 Å². The van der Waals surface area contributed by atoms with Crippen molar-refractivity contribution in [1.82, 2.24) is 5.32 Å². The molecule has 128 valence electrons. The summed E-state index contributed by atoms with van der Waals surface area (Å²) in [6, 6.07) is 16.6. The summed E-state index contributed by atoms with van der Waals surface area (Å²) in [5.74, 6) is -0.113. The minimum atomic E-state index is -0.271. The maximum Gasteiger partial charge on any atom is 0.287 e. The second kappa shape index (κ2) is 7.21. The lowest BCUT2D eigenvalue weighted by molar-refractivity contribution is -0.118. The van der Waals surface area contributed by atoms with Gasteiger partial charge < -0.3 is 15.1 Å². The molecule has 0 aliphatic carbocycles. The molecule has 0 bridgehead atoms. The molecule has 2 amide bonds. The fourth-order valence-corrected chi connectivity index (χ4v) is 2.41. The molecule has 25 heavy (non-hydrogen) atoms. The summed E-state index contributed by atoms with van der Waals surface area (Å²) in [5, 5.41) is 6.58. The number of hydrogen-bond acceptors (Lipinski definition) is 3. The van der Waals surface area contributed by atoms with E-state index in [4.69, 9.17) is 4.42 Å². The van der Waals surface area contributed by atoms with Gasteiger partial charge in [0.25, 0.3) is 5.91 Å². The first-order chi connectivity index (χ1) is 12.0. The molecule has 0 saturated carbocycles. The van der Waals surface area contributed by atoms with Crippen molar-refractivity contribution < 1.29 is 14.0 Å². The second-order valence-corrected chi connectivity index (χ2v) is 6.18. The quantitative estimate of drug-likeness (QED) is 0.741. The van der Waals surface area contributed by atoms with Gasteiger partial charge in [0.2, 0.25) is 5.91 Å². The van der Waals surface area contributed by atoms with Crippen LogP contribution in [-0.2, 0) is 11.3 Å². The molecule has 3 aromatic rings. The van der Waals surface area contributed by atoms with Crippen molar-refractivity contribution in [2.45, 2.75) is 20.4 Å². The van der Waals surface area contributed by atoms with Gasteiger partial charge in [0.1, 0.15) is 5.58 Å². The molecule has 1 aromatic heterocycles. The van der Waals surface area contributed by atoms with E-state index >= 15 is 0 Å². The van der Waals surface area contributed by atoms with Gasteiger partial charge in [-0.05, 0) is 29.8 Å². The summed E-state index contributed by atoms with van der Waals surface area (Å²) >= 11 is 0. The van der Waals surface area contributed by atoms with E-state index < -0.39 is 0 Å². The monoisotopic (exact) mass is 336 g/mol. The highest BCUT2D eigenvalue weighted by atomic mass is 16.3. The first-order valence-electron chi connectivity index (χ1n) is 8.19. The number of anilines is 1. The number of benzene rings is 2. The molecule has 2 N–H and O–H groups in total. The summed E-state index contributed by atoms with van der Waals surface area (Å²) in [5.41, 5.74) is 2.30. The van der Waals surface area contributed by atoms with Crippen molar-refractivity contribution in [3.05, 3.63) is 65.9 Å². The third-order valence-corrected chi connectivity index (χ3v) is 3.82. The van der Waals surface area contributed by atoms with Gasteiger partial charge >= 0.3 is 0 Å². The van der Waals surface area contributed by atoms with E-state index in [-0.39, 0.29) is 23.5 Å². The maximum atomic E-state index is 12.3. The van der Waals surface area contributed by atoms with E-state index in [1.165, 1.54) is 0 Å². The lowest BCUT2D eigenvalue weighted by atomic mass is 10.1. The molecule has 3 rings (SSSR count). The Morgan fingerprint density at radius 1 is 1.04 bits per heavy atom. The Balaban J connectivity index is 1.64. The third kappa shape index (κ3) is 4.07. The smallest absolute Gasteiger partial charge is 0.287 e. The molecule has 1 heterocycles. The number of carbonyl (C=O) groups excluding carboxylic acids is 2. The fourth-order valence-electron chi connectivity index (χ4n) is 2.41. The van der Waals surface area contributed by atoms with Crippen molar-refractivity contribution in [3.63, 3.8) is 0 Å². The van der Waals surface area contributed by atoms with E-state index in [0.717, 1.165) is 10.9 Å². The highest BCUT2D eigenvalue weighted by Crippen LogP contribution is 2.19. The van der Waals surface area contributed by atoms with Crippen LogP contribution >= 0.6 is 0 Å². The van der Waals surface area contributed by atoms with Gasteiger partial charge in [0.15, 0.2) is 5.76 Å². The molecule has 0 spiro atoms. The molecule has 0 radical (unpaired) electrons. The van der Waals surface area contributed by atoms with Gasteiger partial charge in [0, 0.05) is 23.5 Å². The van der Waals surface area contributed by atoms with Crippen LogP contribution < -0.4 is 10.6 Å². The van der Waals surface area contributed by atoms with Crippen LogP contribution in [0.3, 0.4) is 0 Å². The van der Waals surface area contributed by atoms with Crippen LogP contribution in [0.25, 0.3) is 11.0 Å². The Bertz CT molecular complexity index is 879. The Hall–Kier alpha value is -3.08. The lowest BCUT2D eigenvalue weighted by Gasteiger charge is -2.09. The Morgan fingerprint density at radius 2 is 1.84 bits per heavy atom. The van der Waals surface area contributed by atoms with Gasteiger partial charge in [-0.15, -0.1) is 0 Å². The molecule has 0 aliphatic heterocycles. The molecule has 0 atom stereocenters. The minimum Gasteiger partial charge on any atom is -0.451 e. The number of amides is 2. The van der Waals surface area contributed by atoms with Gasteiger partial charge in [0.05, 0.1) is 0 Å². The van der Waals surface area contributed by atoms with Crippen LogP contribution in [-0.4, -0.2) is 11.8 Å². The van der Waals surface area contributed by atoms with Crippen LogP contribution in [0.1, 0.15) is 30.0 Å². The van der Waals surface area contributed by atoms with Crippen molar-refractivity contribution in [2.75, 3.05) is 5.32 Å². The number of para-hydroxylation sites is 1. The number of furan rings is 1. The molecular formula is C20H20N2O3. The molecule has 0 fully saturated rings. The van der Waals surface area contributed by atoms with Crippen molar-refractivity contribution in [1.29, 1.82) is 0 Å². The minimum absolute atomic E-state index is 0.0385. The molecule has 5 nitrogen and oxygen atoms in total. The van der Waals surface area contributed by atoms with Gasteiger partial charge in [-0.25, -0.2) is 0 Å². The van der Waals surface area contributed by atoms with Gasteiger partial charge in [-0.3, -0.25) is 9.59 Å². The van der Waals surface area contributed by atoms with Crippen LogP contribution in [0.5, 0.6) is 0 Å². The maximum absolute atomic E-state index is 12.3. The van der Waals surface area contributed by atoms with Crippen molar-refractivity contribution >= 4 is 28.5 Å². The number of nitrogens with one attached hydrogen (secondary N) is 2. The van der Waals surface area contributed by atoms with Crippen LogP contribution in [0.4, 0.5) is 5.69 Å². The van der Waals surface area contributed by atoms with E-state index in [0.29, 0.717) is 17.8 Å². The number of hydrogen-bond donors (Lipinski definition) is 2. The Labute approximate surface area is 146 Å². The van der Waals surface area contributed by atoms with Gasteiger partial charge in [-0.2, -0.15) is 0 Å². The molecule has 2 aromatic carbocycles. The summed E-state index contributed by atoms with van der Waals surface area (Å²) in [4.78, 5) is 24.0. The average molecular weight is 336 g/mol. The zero-order chi connectivity index (χ0) is 17.8. The SMILES string of the molecule is CC(C)C(=O)Nc1cccc(CNC(=O)c2cc3ccccc3o2)c1. The van der Waals surface area contributed by atoms with Crippen molar-refractivity contribution in [2.24, 2.45) is 5.92 Å². The molecule has 5 heteroatoms. The van der Waals surface area contributed by atoms with E-state index in [1.54, 1.807) is 6.07 Å². The first kappa shape index (κ1) is 16.8. The normalized spacial score (nSPS) is 10.8. The van der Waals surface area contributed by atoms with Crippen molar-refractivity contribution in [3.8, 4) is 0 Å². The predicted molar refractivity (Wildman–Crippen MR) is 97.3 cm³/mol.